The van der Waals surface area contributed by atoms with E-state index in [-0.39, 0.29) is 0 Å². The van der Waals surface area contributed by atoms with Crippen molar-refractivity contribution in [1.29, 1.82) is 0 Å². The van der Waals surface area contributed by atoms with Crippen molar-refractivity contribution in [1.82, 2.24) is 5.32 Å². The van der Waals surface area contributed by atoms with Crippen molar-refractivity contribution in [3.8, 4) is 0 Å². The van der Waals surface area contributed by atoms with E-state index in [0.717, 1.165) is 6.54 Å². The highest BCUT2D eigenvalue weighted by Crippen LogP contribution is 2.16. The average Bonchev–Trinajstić information content (AvgIpc) is 2.87. The topological polar surface area (TPSA) is 12.0 Å². The Bertz CT molecular complexity index is 419. The van der Waals surface area contributed by atoms with Gasteiger partial charge in [-0.3, -0.25) is 0 Å². The summed E-state index contributed by atoms with van der Waals surface area (Å²) in [7, 11) is 0. The van der Waals surface area contributed by atoms with Gasteiger partial charge in [0.1, 0.15) is 4.32 Å². The molecule has 0 radical (unpaired) electrons. The molecule has 0 spiro atoms. The maximum atomic E-state index is 4.90. The van der Waals surface area contributed by atoms with Gasteiger partial charge >= 0.3 is 0 Å². The van der Waals surface area contributed by atoms with Crippen molar-refractivity contribution in [3.05, 3.63) is 0 Å². The molecule has 0 aromatic rings. The van der Waals surface area contributed by atoms with Gasteiger partial charge in [0.15, 0.2) is 0 Å². The summed E-state index contributed by atoms with van der Waals surface area (Å²) in [4.78, 5) is 0. The number of hydrogen-bond acceptors (Lipinski definition) is 1. The van der Waals surface area contributed by atoms with Gasteiger partial charge in [-0.1, -0.05) is 208 Å². The molecule has 4 heteroatoms. The van der Waals surface area contributed by atoms with Crippen molar-refractivity contribution in [2.75, 3.05) is 11.0 Å². The summed E-state index contributed by atoms with van der Waals surface area (Å²) < 4.78 is 1.97. The van der Waals surface area contributed by atoms with E-state index in [9.17, 15) is 0 Å². The molecular formula is C32H64INS2. The molecule has 0 atom stereocenters. The number of thiocarbonyl (C=S) groups is 1. The van der Waals surface area contributed by atoms with Crippen LogP contribution in [-0.2, 0) is 0 Å². The van der Waals surface area contributed by atoms with Crippen LogP contribution < -0.4 is 5.32 Å². The van der Waals surface area contributed by atoms with E-state index < -0.39 is 0 Å². The predicted octanol–water partition coefficient (Wildman–Crippen LogP) is 12.5. The van der Waals surface area contributed by atoms with Gasteiger partial charge in [-0.15, -0.1) is 12.6 Å². The lowest BCUT2D eigenvalue weighted by Gasteiger charge is -2.05. The number of alkyl halides is 1. The third-order valence-corrected chi connectivity index (χ3v) is 8.65. The molecule has 0 heterocycles. The Labute approximate surface area is 252 Å². The van der Waals surface area contributed by atoms with E-state index in [1.807, 2.05) is 0 Å². The first-order valence-corrected chi connectivity index (χ1v) is 18.7. The number of thiol groups is 1. The summed E-state index contributed by atoms with van der Waals surface area (Å²) in [6.07, 6.45) is 42.1. The molecule has 0 aromatic heterocycles. The smallest absolute Gasteiger partial charge is 0.130 e. The first-order valence-electron chi connectivity index (χ1n) is 16.3. The summed E-state index contributed by atoms with van der Waals surface area (Å²) in [6, 6.07) is 0. The van der Waals surface area contributed by atoms with Crippen LogP contribution in [0.15, 0.2) is 0 Å². The molecule has 0 fully saturated rings. The van der Waals surface area contributed by atoms with Crippen LogP contribution in [-0.4, -0.2) is 15.3 Å². The maximum absolute atomic E-state index is 4.90. The molecule has 0 amide bonds. The zero-order valence-corrected chi connectivity index (χ0v) is 28.0. The van der Waals surface area contributed by atoms with Gasteiger partial charge in [0.2, 0.25) is 0 Å². The van der Waals surface area contributed by atoms with Crippen molar-refractivity contribution in [2.24, 2.45) is 0 Å². The quantitative estimate of drug-likeness (QED) is 0.0254. The number of rotatable bonds is 31. The molecule has 216 valence electrons. The molecule has 0 aliphatic carbocycles. The Hall–Kier alpha value is 0.970. The lowest BCUT2D eigenvalue weighted by Crippen LogP contribution is -2.17. The molecule has 0 saturated carbocycles. The van der Waals surface area contributed by atoms with Crippen LogP contribution in [0.3, 0.4) is 0 Å². The zero-order valence-electron chi connectivity index (χ0n) is 24.2. The first-order chi connectivity index (χ1) is 17.8. The highest BCUT2D eigenvalue weighted by atomic mass is 127. The minimum atomic E-state index is 0.630. The largest absolute Gasteiger partial charge is 0.371 e. The van der Waals surface area contributed by atoms with Gasteiger partial charge in [0, 0.05) is 6.54 Å². The minimum absolute atomic E-state index is 0.630. The lowest BCUT2D eigenvalue weighted by atomic mass is 10.0. The van der Waals surface area contributed by atoms with Crippen LogP contribution in [0.1, 0.15) is 186 Å². The second kappa shape index (κ2) is 34.0. The molecule has 0 unspecified atom stereocenters. The second-order valence-electron chi connectivity index (χ2n) is 11.2. The van der Waals surface area contributed by atoms with Crippen LogP contribution in [0, 0.1) is 0 Å². The Morgan fingerprint density at radius 2 is 0.583 bits per heavy atom. The number of unbranched alkanes of at least 4 members (excludes halogenated alkanes) is 28. The summed E-state index contributed by atoms with van der Waals surface area (Å²) in [5.41, 5.74) is 0. The molecule has 1 N–H and O–H groups in total. The molecule has 0 aliphatic rings. The van der Waals surface area contributed by atoms with Crippen LogP contribution in [0.5, 0.6) is 0 Å². The molecule has 1 nitrogen and oxygen atoms in total. The third kappa shape index (κ3) is 35.0. The summed E-state index contributed by atoms with van der Waals surface area (Å²) in [5.74, 6) is 0. The van der Waals surface area contributed by atoms with Crippen LogP contribution in [0.25, 0.3) is 0 Å². The maximum Gasteiger partial charge on any atom is 0.130 e. The van der Waals surface area contributed by atoms with E-state index >= 15 is 0 Å². The van der Waals surface area contributed by atoms with Crippen molar-refractivity contribution >= 4 is 51.8 Å². The molecule has 0 bridgehead atoms. The molecule has 0 aliphatic heterocycles. The van der Waals surface area contributed by atoms with Crippen molar-refractivity contribution in [2.45, 2.75) is 186 Å². The first kappa shape index (κ1) is 37.0. The van der Waals surface area contributed by atoms with Gasteiger partial charge in [-0.2, -0.15) is 0 Å². The monoisotopic (exact) mass is 653 g/mol. The van der Waals surface area contributed by atoms with E-state index in [2.05, 4.69) is 40.5 Å². The fourth-order valence-corrected chi connectivity index (χ4v) is 5.94. The fourth-order valence-electron chi connectivity index (χ4n) is 5.19. The Morgan fingerprint density at radius 3 is 0.778 bits per heavy atom. The summed E-state index contributed by atoms with van der Waals surface area (Å²) in [6.45, 7) is 0.988. The van der Waals surface area contributed by atoms with Gasteiger partial charge in [0.25, 0.3) is 0 Å². The van der Waals surface area contributed by atoms with Crippen LogP contribution >= 0.6 is 47.4 Å². The lowest BCUT2D eigenvalue weighted by molar-refractivity contribution is 0.513. The minimum Gasteiger partial charge on any atom is -0.371 e. The Morgan fingerprint density at radius 1 is 0.389 bits per heavy atom. The van der Waals surface area contributed by atoms with E-state index in [4.69, 9.17) is 12.2 Å². The van der Waals surface area contributed by atoms with E-state index in [1.54, 1.807) is 0 Å². The third-order valence-electron chi connectivity index (χ3n) is 7.59. The van der Waals surface area contributed by atoms with Crippen LogP contribution in [0.4, 0.5) is 0 Å². The summed E-state index contributed by atoms with van der Waals surface area (Å²) >= 11 is 11.5. The van der Waals surface area contributed by atoms with Gasteiger partial charge < -0.3 is 5.32 Å². The molecular weight excluding hydrogens is 589 g/mol. The molecule has 0 saturated heterocycles. The predicted molar refractivity (Wildman–Crippen MR) is 182 cm³/mol. The number of hydrogen-bond donors (Lipinski definition) is 2. The highest BCUT2D eigenvalue weighted by molar-refractivity contribution is 14.1. The van der Waals surface area contributed by atoms with Crippen molar-refractivity contribution in [3.63, 3.8) is 0 Å². The second-order valence-corrected chi connectivity index (χ2v) is 13.4. The Kier molecular flexibility index (Phi) is 34.9. The summed E-state index contributed by atoms with van der Waals surface area (Å²) in [5, 5.41) is 3.11. The normalized spacial score (nSPS) is 11.3. The standard InChI is InChI=1S/C32H64INS2/c33-30-28-26-24-22-20-18-16-14-12-10-8-6-4-2-1-3-5-7-9-11-13-15-17-19-21-23-25-27-29-31-34-32(35)36/h1-31H2,(H2,34,35,36). The van der Waals surface area contributed by atoms with Crippen molar-refractivity contribution < 1.29 is 0 Å². The zero-order chi connectivity index (χ0) is 26.2. The highest BCUT2D eigenvalue weighted by Gasteiger charge is 1.97. The SMILES string of the molecule is S=C(S)NCCCCCCCCCCCCCCCCCCCCCCCCCCCCCCCI. The molecule has 0 rings (SSSR count). The van der Waals surface area contributed by atoms with Gasteiger partial charge in [0.05, 0.1) is 0 Å². The number of halogens is 1. The average molecular weight is 654 g/mol. The molecule has 36 heavy (non-hydrogen) atoms. The van der Waals surface area contributed by atoms with E-state index in [1.165, 1.54) is 191 Å². The fraction of sp³-hybridized carbons (Fsp3) is 0.969. The van der Waals surface area contributed by atoms with E-state index in [0.29, 0.717) is 4.32 Å². The molecule has 0 aromatic carbocycles. The van der Waals surface area contributed by atoms with Crippen LogP contribution in [0.2, 0.25) is 0 Å². The Balaban J connectivity index is 3.02. The van der Waals surface area contributed by atoms with Gasteiger partial charge in [-0.05, 0) is 17.3 Å². The van der Waals surface area contributed by atoms with Gasteiger partial charge in [-0.25, -0.2) is 0 Å². The number of nitrogens with one attached hydrogen (secondary N) is 1.